The predicted molar refractivity (Wildman–Crippen MR) is 47.9 cm³/mol. The Hall–Kier alpha value is -0.0400. The Morgan fingerprint density at radius 2 is 1.83 bits per heavy atom. The molecule has 3 fully saturated rings. The average molecular weight is 166 g/mol. The first-order chi connectivity index (χ1) is 5.86. The zero-order chi connectivity index (χ0) is 8.13. The zero-order valence-corrected chi connectivity index (χ0v) is 7.83. The third kappa shape index (κ3) is 0.834. The highest BCUT2D eigenvalue weighted by Crippen LogP contribution is 2.51. The van der Waals surface area contributed by atoms with Crippen molar-refractivity contribution in [3.8, 4) is 0 Å². The van der Waals surface area contributed by atoms with Gasteiger partial charge in [0.15, 0.2) is 0 Å². The van der Waals surface area contributed by atoms with Crippen LogP contribution in [-0.2, 0) is 4.74 Å². The van der Waals surface area contributed by atoms with Crippen LogP contribution in [0.4, 0.5) is 0 Å². The van der Waals surface area contributed by atoms with Crippen LogP contribution < -0.4 is 0 Å². The van der Waals surface area contributed by atoms with Gasteiger partial charge in [-0.2, -0.15) is 0 Å². The fourth-order valence-corrected chi connectivity index (χ4v) is 3.72. The summed E-state index contributed by atoms with van der Waals surface area (Å²) in [7, 11) is 0. The van der Waals surface area contributed by atoms with Crippen LogP contribution in [0.5, 0.6) is 0 Å². The van der Waals surface area contributed by atoms with Crippen LogP contribution in [0.25, 0.3) is 0 Å². The maximum absolute atomic E-state index is 6.08. The van der Waals surface area contributed by atoms with E-state index in [1.54, 1.807) is 0 Å². The molecule has 0 aromatic carbocycles. The Morgan fingerprint density at radius 3 is 2.75 bits per heavy atom. The van der Waals surface area contributed by atoms with Gasteiger partial charge in [0.2, 0.25) is 0 Å². The van der Waals surface area contributed by atoms with E-state index in [2.05, 4.69) is 6.92 Å². The predicted octanol–water partition coefficient (Wildman–Crippen LogP) is 2.60. The molecule has 0 amide bonds. The largest absolute Gasteiger partial charge is 0.374 e. The molecular formula is C11H18O. The summed E-state index contributed by atoms with van der Waals surface area (Å²) in [4.78, 5) is 0. The molecule has 3 rings (SSSR count). The Kier molecular flexibility index (Phi) is 1.52. The van der Waals surface area contributed by atoms with Gasteiger partial charge < -0.3 is 4.74 Å². The molecule has 2 saturated heterocycles. The van der Waals surface area contributed by atoms with Crippen molar-refractivity contribution in [3.05, 3.63) is 0 Å². The summed E-state index contributed by atoms with van der Waals surface area (Å²) < 4.78 is 6.08. The van der Waals surface area contributed by atoms with Gasteiger partial charge in [0, 0.05) is 0 Å². The maximum Gasteiger partial charge on any atom is 0.0636 e. The summed E-state index contributed by atoms with van der Waals surface area (Å²) in [6.07, 6.45) is 8.46. The van der Waals surface area contributed by atoms with Crippen molar-refractivity contribution in [1.82, 2.24) is 0 Å². The van der Waals surface area contributed by atoms with Crippen LogP contribution in [0.15, 0.2) is 0 Å². The van der Waals surface area contributed by atoms with E-state index in [9.17, 15) is 0 Å². The fourth-order valence-electron chi connectivity index (χ4n) is 3.72. The van der Waals surface area contributed by atoms with Crippen molar-refractivity contribution >= 4 is 0 Å². The van der Waals surface area contributed by atoms with E-state index in [1.165, 1.54) is 32.1 Å². The SMILES string of the molecule is CC1CCC2OC1C1CCCC21. The first kappa shape index (κ1) is 7.37. The maximum atomic E-state index is 6.08. The van der Waals surface area contributed by atoms with E-state index in [4.69, 9.17) is 4.74 Å². The van der Waals surface area contributed by atoms with Gasteiger partial charge in [0.1, 0.15) is 0 Å². The van der Waals surface area contributed by atoms with Gasteiger partial charge in [-0.3, -0.25) is 0 Å². The number of ether oxygens (including phenoxy) is 1. The Bertz CT molecular complexity index is 189. The normalized spacial score (nSPS) is 57.2. The molecule has 5 atom stereocenters. The third-order valence-corrected chi connectivity index (χ3v) is 4.32. The Labute approximate surface area is 74.5 Å². The smallest absolute Gasteiger partial charge is 0.0636 e. The molecule has 0 spiro atoms. The minimum absolute atomic E-state index is 0.649. The lowest BCUT2D eigenvalue weighted by Gasteiger charge is -2.28. The van der Waals surface area contributed by atoms with E-state index in [0.29, 0.717) is 12.2 Å². The Balaban J connectivity index is 1.88. The quantitative estimate of drug-likeness (QED) is 0.537. The molecule has 0 aromatic rings. The zero-order valence-electron chi connectivity index (χ0n) is 7.83. The molecule has 1 saturated carbocycles. The minimum atomic E-state index is 0.649. The molecule has 1 aliphatic carbocycles. The molecule has 2 heterocycles. The van der Waals surface area contributed by atoms with E-state index >= 15 is 0 Å². The number of hydrogen-bond donors (Lipinski definition) is 0. The summed E-state index contributed by atoms with van der Waals surface area (Å²) in [6.45, 7) is 2.38. The van der Waals surface area contributed by atoms with Crippen LogP contribution in [-0.4, -0.2) is 12.2 Å². The molecule has 2 aliphatic heterocycles. The van der Waals surface area contributed by atoms with Crippen molar-refractivity contribution in [2.45, 2.75) is 51.2 Å². The highest BCUT2D eigenvalue weighted by Gasteiger charge is 2.50. The van der Waals surface area contributed by atoms with Crippen LogP contribution in [0.3, 0.4) is 0 Å². The Morgan fingerprint density at radius 1 is 1.00 bits per heavy atom. The topological polar surface area (TPSA) is 9.23 Å². The van der Waals surface area contributed by atoms with Crippen molar-refractivity contribution in [1.29, 1.82) is 0 Å². The van der Waals surface area contributed by atoms with Crippen molar-refractivity contribution in [2.75, 3.05) is 0 Å². The third-order valence-electron chi connectivity index (χ3n) is 4.32. The minimum Gasteiger partial charge on any atom is -0.374 e. The van der Waals surface area contributed by atoms with Gasteiger partial charge in [-0.25, -0.2) is 0 Å². The molecule has 2 bridgehead atoms. The molecule has 3 aliphatic rings. The van der Waals surface area contributed by atoms with E-state index in [1.807, 2.05) is 0 Å². The summed E-state index contributed by atoms with van der Waals surface area (Å²) in [5.74, 6) is 2.75. The van der Waals surface area contributed by atoms with Crippen molar-refractivity contribution in [3.63, 3.8) is 0 Å². The standard InChI is InChI=1S/C11H18O/c1-7-5-6-10-8-3-2-4-9(8)11(7)12-10/h7-11H,2-6H2,1H3. The lowest BCUT2D eigenvalue weighted by molar-refractivity contribution is -0.0450. The second kappa shape index (κ2) is 2.47. The van der Waals surface area contributed by atoms with Gasteiger partial charge in [-0.15, -0.1) is 0 Å². The van der Waals surface area contributed by atoms with Gasteiger partial charge in [-0.1, -0.05) is 13.3 Å². The van der Waals surface area contributed by atoms with Crippen molar-refractivity contribution < 1.29 is 4.74 Å². The molecule has 5 unspecified atom stereocenters. The molecule has 0 aromatic heterocycles. The van der Waals surface area contributed by atoms with Crippen LogP contribution in [0.1, 0.15) is 39.0 Å². The number of fused-ring (bicyclic) bond motifs is 5. The first-order valence-electron chi connectivity index (χ1n) is 5.52. The van der Waals surface area contributed by atoms with Gasteiger partial charge in [0.05, 0.1) is 12.2 Å². The van der Waals surface area contributed by atoms with Crippen LogP contribution in [0.2, 0.25) is 0 Å². The highest BCUT2D eigenvalue weighted by atomic mass is 16.5. The second-order valence-corrected chi connectivity index (χ2v) is 4.95. The molecule has 1 nitrogen and oxygen atoms in total. The number of rotatable bonds is 0. The number of hydrogen-bond acceptors (Lipinski definition) is 1. The lowest BCUT2D eigenvalue weighted by atomic mass is 9.88. The van der Waals surface area contributed by atoms with Crippen LogP contribution in [0, 0.1) is 17.8 Å². The highest BCUT2D eigenvalue weighted by molar-refractivity contribution is 4.98. The van der Waals surface area contributed by atoms with E-state index in [0.717, 1.165) is 17.8 Å². The monoisotopic (exact) mass is 166 g/mol. The second-order valence-electron chi connectivity index (χ2n) is 4.95. The summed E-state index contributed by atoms with van der Waals surface area (Å²) >= 11 is 0. The molecule has 0 N–H and O–H groups in total. The van der Waals surface area contributed by atoms with Crippen molar-refractivity contribution in [2.24, 2.45) is 17.8 Å². The molecular weight excluding hydrogens is 148 g/mol. The van der Waals surface area contributed by atoms with Gasteiger partial charge >= 0.3 is 0 Å². The molecule has 0 radical (unpaired) electrons. The fraction of sp³-hybridized carbons (Fsp3) is 1.00. The van der Waals surface area contributed by atoms with Gasteiger partial charge in [0.25, 0.3) is 0 Å². The van der Waals surface area contributed by atoms with E-state index in [-0.39, 0.29) is 0 Å². The first-order valence-corrected chi connectivity index (χ1v) is 5.52. The molecule has 1 heteroatoms. The lowest BCUT2D eigenvalue weighted by Crippen LogP contribution is -2.28. The van der Waals surface area contributed by atoms with Gasteiger partial charge in [-0.05, 0) is 43.4 Å². The summed E-state index contributed by atoms with van der Waals surface area (Å²) in [6, 6.07) is 0. The molecule has 68 valence electrons. The summed E-state index contributed by atoms with van der Waals surface area (Å²) in [5, 5.41) is 0. The molecule has 12 heavy (non-hydrogen) atoms. The van der Waals surface area contributed by atoms with E-state index < -0.39 is 0 Å². The van der Waals surface area contributed by atoms with Crippen LogP contribution >= 0.6 is 0 Å². The average Bonchev–Trinajstić information content (AvgIpc) is 2.59. The summed E-state index contributed by atoms with van der Waals surface area (Å²) in [5.41, 5.74) is 0.